The van der Waals surface area contributed by atoms with Crippen LogP contribution in [0.1, 0.15) is 49.9 Å². The number of hydrogen-bond acceptors (Lipinski definition) is 1. The van der Waals surface area contributed by atoms with Crippen LogP contribution in [0, 0.1) is 5.92 Å². The molecule has 0 aliphatic heterocycles. The third kappa shape index (κ3) is 4.69. The Bertz CT molecular complexity index is 379. The Morgan fingerprint density at radius 1 is 1.33 bits per heavy atom. The summed E-state index contributed by atoms with van der Waals surface area (Å²) in [5.74, 6) is 0.493. The van der Waals surface area contributed by atoms with E-state index in [1.165, 1.54) is 19.3 Å². The minimum Gasteiger partial charge on any atom is -0.352 e. The number of benzene rings is 1. The predicted octanol–water partition coefficient (Wildman–Crippen LogP) is 4.29. The summed E-state index contributed by atoms with van der Waals surface area (Å²) in [4.78, 5) is 12.0. The van der Waals surface area contributed by atoms with Crippen molar-refractivity contribution in [3.8, 4) is 0 Å². The van der Waals surface area contributed by atoms with Crippen molar-refractivity contribution in [1.82, 2.24) is 5.32 Å². The summed E-state index contributed by atoms with van der Waals surface area (Å²) in [5, 5.41) is 3.49. The number of carbonyl (C=O) groups is 1. The standard InChI is InChI=1S/C15H22ClNO/c1-3-5-8-12(4-2)11-17-15(18)13-9-6-7-10-14(13)16/h6-7,9-10,12H,3-5,8,11H2,1-2H3,(H,17,18)/t12-/m0/s1. The minimum absolute atomic E-state index is 0.0736. The van der Waals surface area contributed by atoms with E-state index >= 15 is 0 Å². The van der Waals surface area contributed by atoms with E-state index in [1.54, 1.807) is 12.1 Å². The molecule has 0 heterocycles. The summed E-state index contributed by atoms with van der Waals surface area (Å²) >= 11 is 5.99. The normalized spacial score (nSPS) is 12.2. The third-order valence-electron chi connectivity index (χ3n) is 3.21. The number of amides is 1. The Balaban J connectivity index is 2.47. The van der Waals surface area contributed by atoms with Crippen LogP contribution in [-0.4, -0.2) is 12.5 Å². The summed E-state index contributed by atoms with van der Waals surface area (Å²) in [7, 11) is 0. The van der Waals surface area contributed by atoms with E-state index in [0.29, 0.717) is 16.5 Å². The van der Waals surface area contributed by atoms with Crippen LogP contribution < -0.4 is 5.32 Å². The number of nitrogens with one attached hydrogen (secondary N) is 1. The molecule has 1 aromatic rings. The molecule has 1 N–H and O–H groups in total. The van der Waals surface area contributed by atoms with Crippen LogP contribution in [0.4, 0.5) is 0 Å². The molecule has 0 bridgehead atoms. The molecule has 3 heteroatoms. The molecule has 0 aromatic heterocycles. The number of carbonyl (C=O) groups excluding carboxylic acids is 1. The smallest absolute Gasteiger partial charge is 0.252 e. The maximum absolute atomic E-state index is 12.0. The van der Waals surface area contributed by atoms with Gasteiger partial charge in [-0.15, -0.1) is 0 Å². The van der Waals surface area contributed by atoms with Crippen molar-refractivity contribution in [3.63, 3.8) is 0 Å². The van der Waals surface area contributed by atoms with E-state index < -0.39 is 0 Å². The van der Waals surface area contributed by atoms with E-state index in [-0.39, 0.29) is 5.91 Å². The van der Waals surface area contributed by atoms with Gasteiger partial charge in [0.25, 0.3) is 5.91 Å². The summed E-state index contributed by atoms with van der Waals surface area (Å²) in [6.45, 7) is 5.09. The summed E-state index contributed by atoms with van der Waals surface area (Å²) in [6, 6.07) is 7.15. The molecule has 0 saturated heterocycles. The molecule has 1 atom stereocenters. The van der Waals surface area contributed by atoms with Gasteiger partial charge in [0, 0.05) is 6.54 Å². The van der Waals surface area contributed by atoms with Gasteiger partial charge in [0.15, 0.2) is 0 Å². The fourth-order valence-corrected chi connectivity index (χ4v) is 2.14. The topological polar surface area (TPSA) is 29.1 Å². The molecule has 18 heavy (non-hydrogen) atoms. The van der Waals surface area contributed by atoms with E-state index in [4.69, 9.17) is 11.6 Å². The van der Waals surface area contributed by atoms with Crippen molar-refractivity contribution >= 4 is 17.5 Å². The molecule has 0 radical (unpaired) electrons. The average molecular weight is 268 g/mol. The summed E-state index contributed by atoms with van der Waals surface area (Å²) in [5.41, 5.74) is 0.560. The predicted molar refractivity (Wildman–Crippen MR) is 77.1 cm³/mol. The summed E-state index contributed by atoms with van der Waals surface area (Å²) in [6.07, 6.45) is 4.70. The van der Waals surface area contributed by atoms with Gasteiger partial charge in [-0.1, -0.05) is 56.8 Å². The van der Waals surface area contributed by atoms with E-state index in [9.17, 15) is 4.79 Å². The zero-order valence-electron chi connectivity index (χ0n) is 11.2. The highest BCUT2D eigenvalue weighted by molar-refractivity contribution is 6.33. The van der Waals surface area contributed by atoms with Gasteiger partial charge in [0.2, 0.25) is 0 Å². The van der Waals surface area contributed by atoms with Gasteiger partial charge in [-0.05, 0) is 24.5 Å². The molecule has 1 aromatic carbocycles. The first-order valence-electron chi connectivity index (χ1n) is 6.71. The molecule has 0 aliphatic carbocycles. The van der Waals surface area contributed by atoms with Gasteiger partial charge in [-0.3, -0.25) is 4.79 Å². The highest BCUT2D eigenvalue weighted by Crippen LogP contribution is 2.15. The summed E-state index contributed by atoms with van der Waals surface area (Å²) < 4.78 is 0. The highest BCUT2D eigenvalue weighted by atomic mass is 35.5. The fourth-order valence-electron chi connectivity index (χ4n) is 1.92. The number of unbranched alkanes of at least 4 members (excludes halogenated alkanes) is 1. The second kappa shape index (κ2) is 8.15. The third-order valence-corrected chi connectivity index (χ3v) is 3.54. The van der Waals surface area contributed by atoms with Crippen molar-refractivity contribution < 1.29 is 4.79 Å². The first-order valence-corrected chi connectivity index (χ1v) is 7.09. The monoisotopic (exact) mass is 267 g/mol. The van der Waals surface area contributed by atoms with Crippen LogP contribution >= 0.6 is 11.6 Å². The molecule has 0 fully saturated rings. The Morgan fingerprint density at radius 3 is 2.67 bits per heavy atom. The van der Waals surface area contributed by atoms with Crippen LogP contribution in [0.5, 0.6) is 0 Å². The van der Waals surface area contributed by atoms with Gasteiger partial charge in [0.1, 0.15) is 0 Å². The zero-order valence-corrected chi connectivity index (χ0v) is 12.0. The minimum atomic E-state index is -0.0736. The van der Waals surface area contributed by atoms with Crippen molar-refractivity contribution in [1.29, 1.82) is 0 Å². The molecule has 0 spiro atoms. The van der Waals surface area contributed by atoms with E-state index in [1.807, 2.05) is 12.1 Å². The Labute approximate surface area is 115 Å². The molecule has 1 amide bonds. The molecule has 1 rings (SSSR count). The van der Waals surface area contributed by atoms with E-state index in [0.717, 1.165) is 13.0 Å². The maximum Gasteiger partial charge on any atom is 0.252 e. The number of rotatable bonds is 7. The van der Waals surface area contributed by atoms with Gasteiger partial charge in [-0.2, -0.15) is 0 Å². The molecule has 100 valence electrons. The van der Waals surface area contributed by atoms with Gasteiger partial charge in [0.05, 0.1) is 10.6 Å². The quantitative estimate of drug-likeness (QED) is 0.785. The van der Waals surface area contributed by atoms with Crippen LogP contribution in [0.2, 0.25) is 5.02 Å². The lowest BCUT2D eigenvalue weighted by Crippen LogP contribution is -2.29. The number of halogens is 1. The van der Waals surface area contributed by atoms with E-state index in [2.05, 4.69) is 19.2 Å². The zero-order chi connectivity index (χ0) is 13.4. The molecule has 2 nitrogen and oxygen atoms in total. The fraction of sp³-hybridized carbons (Fsp3) is 0.533. The number of hydrogen-bond donors (Lipinski definition) is 1. The lowest BCUT2D eigenvalue weighted by Gasteiger charge is -2.15. The highest BCUT2D eigenvalue weighted by Gasteiger charge is 2.11. The molecule has 0 saturated carbocycles. The molecular weight excluding hydrogens is 246 g/mol. The van der Waals surface area contributed by atoms with Crippen molar-refractivity contribution in [2.24, 2.45) is 5.92 Å². The Morgan fingerprint density at radius 2 is 2.06 bits per heavy atom. The van der Waals surface area contributed by atoms with Gasteiger partial charge >= 0.3 is 0 Å². The molecule has 0 aliphatic rings. The van der Waals surface area contributed by atoms with Crippen LogP contribution in [-0.2, 0) is 0 Å². The average Bonchev–Trinajstić information content (AvgIpc) is 2.39. The van der Waals surface area contributed by atoms with Gasteiger partial charge in [-0.25, -0.2) is 0 Å². The van der Waals surface area contributed by atoms with Gasteiger partial charge < -0.3 is 5.32 Å². The second-order valence-corrected chi connectivity index (χ2v) is 5.01. The van der Waals surface area contributed by atoms with Crippen LogP contribution in [0.3, 0.4) is 0 Å². The lowest BCUT2D eigenvalue weighted by molar-refractivity contribution is 0.0946. The first-order chi connectivity index (χ1) is 8.69. The largest absolute Gasteiger partial charge is 0.352 e. The van der Waals surface area contributed by atoms with Crippen LogP contribution in [0.15, 0.2) is 24.3 Å². The first kappa shape index (κ1) is 15.0. The van der Waals surface area contributed by atoms with Crippen molar-refractivity contribution in [2.75, 3.05) is 6.54 Å². The van der Waals surface area contributed by atoms with Crippen molar-refractivity contribution in [2.45, 2.75) is 39.5 Å². The lowest BCUT2D eigenvalue weighted by atomic mass is 9.99. The van der Waals surface area contributed by atoms with Crippen molar-refractivity contribution in [3.05, 3.63) is 34.9 Å². The molecule has 0 unspecified atom stereocenters. The SMILES string of the molecule is CCCC[C@H](CC)CNC(=O)c1ccccc1Cl. The Kier molecular flexibility index (Phi) is 6.81. The van der Waals surface area contributed by atoms with Crippen LogP contribution in [0.25, 0.3) is 0 Å². The Hall–Kier alpha value is -1.02. The maximum atomic E-state index is 12.0. The second-order valence-electron chi connectivity index (χ2n) is 4.61. The molecular formula is C15H22ClNO.